The van der Waals surface area contributed by atoms with Gasteiger partial charge in [-0.05, 0) is 29.8 Å². The van der Waals surface area contributed by atoms with Crippen molar-refractivity contribution in [3.05, 3.63) is 65.6 Å². The molecule has 1 amide bonds. The van der Waals surface area contributed by atoms with Crippen molar-refractivity contribution in [1.29, 1.82) is 0 Å². The molecule has 6 nitrogen and oxygen atoms in total. The summed E-state index contributed by atoms with van der Waals surface area (Å²) >= 11 is 0. The van der Waals surface area contributed by atoms with Gasteiger partial charge in [-0.3, -0.25) is 9.48 Å². The van der Waals surface area contributed by atoms with Gasteiger partial charge in [0.1, 0.15) is 11.4 Å². The third kappa shape index (κ3) is 4.08. The van der Waals surface area contributed by atoms with Crippen molar-refractivity contribution in [3.63, 3.8) is 0 Å². The highest BCUT2D eigenvalue weighted by Gasteiger charge is 2.30. The number of aromatic nitrogens is 3. The number of rotatable bonds is 3. The van der Waals surface area contributed by atoms with Gasteiger partial charge in [-0.2, -0.15) is 18.3 Å². The lowest BCUT2D eigenvalue weighted by Crippen LogP contribution is -2.32. The predicted octanol–water partition coefficient (Wildman–Crippen LogP) is 3.42. The molecular weight excluding hydrogens is 385 g/mol. The number of carbonyl (C=O) groups excluding carboxylic acids is 1. The molecule has 2 aromatic heterocycles. The molecule has 0 unspecified atom stereocenters. The largest absolute Gasteiger partial charge is 0.482 e. The molecular formula is C20H17F3N4O2. The second-order valence-electron chi connectivity index (χ2n) is 6.78. The maximum absolute atomic E-state index is 12.7. The van der Waals surface area contributed by atoms with Crippen molar-refractivity contribution >= 4 is 5.91 Å². The molecule has 0 aliphatic carbocycles. The summed E-state index contributed by atoms with van der Waals surface area (Å²) in [6.07, 6.45) is -0.870. The number of ether oxygens (including phenoxy) is 1. The Labute approximate surface area is 164 Å². The third-order valence-electron chi connectivity index (χ3n) is 4.63. The highest BCUT2D eigenvalue weighted by Crippen LogP contribution is 2.30. The molecule has 1 aliphatic heterocycles. The number of hydrogen-bond donors (Lipinski definition) is 0. The van der Waals surface area contributed by atoms with Gasteiger partial charge in [0, 0.05) is 25.4 Å². The number of pyridine rings is 1. The molecule has 0 saturated heterocycles. The van der Waals surface area contributed by atoms with Crippen LogP contribution in [-0.2, 0) is 31.1 Å². The lowest BCUT2D eigenvalue weighted by molar-refractivity contribution is -0.137. The first kappa shape index (κ1) is 19.0. The second kappa shape index (κ2) is 7.23. The van der Waals surface area contributed by atoms with E-state index in [-0.39, 0.29) is 25.6 Å². The van der Waals surface area contributed by atoms with E-state index in [4.69, 9.17) is 4.74 Å². The van der Waals surface area contributed by atoms with Gasteiger partial charge in [-0.1, -0.05) is 12.1 Å². The maximum Gasteiger partial charge on any atom is 0.416 e. The second-order valence-corrected chi connectivity index (χ2v) is 6.78. The summed E-state index contributed by atoms with van der Waals surface area (Å²) in [6, 6.07) is 8.34. The highest BCUT2D eigenvalue weighted by atomic mass is 19.4. The zero-order valence-corrected chi connectivity index (χ0v) is 15.5. The van der Waals surface area contributed by atoms with Crippen molar-refractivity contribution in [2.75, 3.05) is 6.61 Å². The van der Waals surface area contributed by atoms with Crippen LogP contribution < -0.4 is 4.74 Å². The van der Waals surface area contributed by atoms with Crippen molar-refractivity contribution in [1.82, 2.24) is 19.7 Å². The number of halogens is 3. The van der Waals surface area contributed by atoms with Gasteiger partial charge in [0.15, 0.2) is 6.61 Å². The number of carbonyl (C=O) groups is 1. The fourth-order valence-corrected chi connectivity index (χ4v) is 3.11. The number of amides is 1. The first-order valence-electron chi connectivity index (χ1n) is 8.85. The van der Waals surface area contributed by atoms with Crippen molar-refractivity contribution in [2.24, 2.45) is 7.05 Å². The normalized spacial score (nSPS) is 14.3. The van der Waals surface area contributed by atoms with Gasteiger partial charge in [0.25, 0.3) is 5.91 Å². The van der Waals surface area contributed by atoms with Crippen LogP contribution in [0.15, 0.2) is 48.8 Å². The number of nitrogens with zero attached hydrogens (tertiary/aromatic N) is 4. The Morgan fingerprint density at radius 2 is 1.90 bits per heavy atom. The lowest BCUT2D eigenvalue weighted by Gasteiger charge is -2.20. The first-order chi connectivity index (χ1) is 13.8. The van der Waals surface area contributed by atoms with Crippen molar-refractivity contribution < 1.29 is 22.7 Å². The van der Waals surface area contributed by atoms with Crippen LogP contribution in [0.3, 0.4) is 0 Å². The molecule has 1 aliphatic rings. The average Bonchev–Trinajstić information content (AvgIpc) is 3.05. The minimum atomic E-state index is -4.39. The van der Waals surface area contributed by atoms with E-state index in [0.717, 1.165) is 17.7 Å². The first-order valence-corrected chi connectivity index (χ1v) is 8.85. The van der Waals surface area contributed by atoms with Gasteiger partial charge in [0.05, 0.1) is 24.0 Å². The van der Waals surface area contributed by atoms with Gasteiger partial charge in [0.2, 0.25) is 0 Å². The van der Waals surface area contributed by atoms with Gasteiger partial charge in [-0.15, -0.1) is 0 Å². The van der Waals surface area contributed by atoms with E-state index < -0.39 is 11.7 Å². The zero-order valence-electron chi connectivity index (χ0n) is 15.5. The number of fused-ring (bicyclic) bond motifs is 1. The van der Waals surface area contributed by atoms with Crippen LogP contribution in [-0.4, -0.2) is 32.2 Å². The molecule has 4 rings (SSSR count). The van der Waals surface area contributed by atoms with E-state index >= 15 is 0 Å². The molecule has 0 N–H and O–H groups in total. The number of hydrogen-bond acceptors (Lipinski definition) is 4. The average molecular weight is 402 g/mol. The Morgan fingerprint density at radius 1 is 1.14 bits per heavy atom. The van der Waals surface area contributed by atoms with Gasteiger partial charge >= 0.3 is 6.18 Å². The Balaban J connectivity index is 1.57. The molecule has 9 heteroatoms. The Bertz CT molecular complexity index is 1040. The van der Waals surface area contributed by atoms with Crippen molar-refractivity contribution in [3.8, 4) is 17.0 Å². The molecule has 0 atom stereocenters. The third-order valence-corrected chi connectivity index (χ3v) is 4.63. The number of aryl methyl sites for hydroxylation is 1. The molecule has 1 aromatic carbocycles. The van der Waals surface area contributed by atoms with Crippen LogP contribution in [0, 0.1) is 0 Å². The van der Waals surface area contributed by atoms with Crippen LogP contribution in [0.4, 0.5) is 13.2 Å². The molecule has 0 bridgehead atoms. The van der Waals surface area contributed by atoms with Crippen LogP contribution in [0.1, 0.15) is 16.8 Å². The highest BCUT2D eigenvalue weighted by molar-refractivity contribution is 5.78. The maximum atomic E-state index is 12.7. The molecule has 0 spiro atoms. The predicted molar refractivity (Wildman–Crippen MR) is 97.6 cm³/mol. The molecule has 3 heterocycles. The minimum Gasteiger partial charge on any atom is -0.482 e. The standard InChI is InChI=1S/C20H17F3N4O2/c1-26-10-14(8-24-26)16-6-7-18-17(25-16)11-27(19(28)12-29-18)9-13-2-4-15(5-3-13)20(21,22)23/h2-8,10H,9,11-12H2,1H3. The van der Waals surface area contributed by atoms with E-state index in [1.165, 1.54) is 17.0 Å². The molecule has 29 heavy (non-hydrogen) atoms. The Kier molecular flexibility index (Phi) is 4.73. The van der Waals surface area contributed by atoms with E-state index in [9.17, 15) is 18.0 Å². The van der Waals surface area contributed by atoms with E-state index in [1.54, 1.807) is 30.1 Å². The SMILES string of the molecule is Cn1cc(-c2ccc3c(n2)CN(Cc2ccc(C(F)(F)F)cc2)C(=O)CO3)cn1. The Hall–Kier alpha value is -3.36. The van der Waals surface area contributed by atoms with E-state index in [1.807, 2.05) is 6.20 Å². The number of alkyl halides is 3. The number of benzene rings is 1. The van der Waals surface area contributed by atoms with E-state index in [0.29, 0.717) is 22.7 Å². The quantitative estimate of drug-likeness (QED) is 0.674. The lowest BCUT2D eigenvalue weighted by atomic mass is 10.1. The smallest absolute Gasteiger partial charge is 0.416 e. The fourth-order valence-electron chi connectivity index (χ4n) is 3.11. The molecule has 150 valence electrons. The van der Waals surface area contributed by atoms with Crippen LogP contribution in [0.2, 0.25) is 0 Å². The summed E-state index contributed by atoms with van der Waals surface area (Å²) in [6.45, 7) is 0.212. The summed E-state index contributed by atoms with van der Waals surface area (Å²) in [5.74, 6) is 0.256. The van der Waals surface area contributed by atoms with Gasteiger partial charge in [-0.25, -0.2) is 4.98 Å². The molecule has 0 radical (unpaired) electrons. The van der Waals surface area contributed by atoms with Crippen LogP contribution >= 0.6 is 0 Å². The summed E-state index contributed by atoms with van der Waals surface area (Å²) < 4.78 is 45.5. The Morgan fingerprint density at radius 3 is 2.55 bits per heavy atom. The van der Waals surface area contributed by atoms with E-state index in [2.05, 4.69) is 10.1 Å². The fraction of sp³-hybridized carbons (Fsp3) is 0.250. The zero-order chi connectivity index (χ0) is 20.6. The van der Waals surface area contributed by atoms with Crippen molar-refractivity contribution in [2.45, 2.75) is 19.3 Å². The molecule has 0 fully saturated rings. The van der Waals surface area contributed by atoms with Crippen LogP contribution in [0.5, 0.6) is 5.75 Å². The molecule has 3 aromatic rings. The monoisotopic (exact) mass is 402 g/mol. The molecule has 0 saturated carbocycles. The van der Waals surface area contributed by atoms with Crippen LogP contribution in [0.25, 0.3) is 11.3 Å². The summed E-state index contributed by atoms with van der Waals surface area (Å²) in [5.41, 5.74) is 1.99. The summed E-state index contributed by atoms with van der Waals surface area (Å²) in [4.78, 5) is 18.6. The summed E-state index contributed by atoms with van der Waals surface area (Å²) in [7, 11) is 1.81. The van der Waals surface area contributed by atoms with Gasteiger partial charge < -0.3 is 9.64 Å². The minimum absolute atomic E-state index is 0.151. The summed E-state index contributed by atoms with van der Waals surface area (Å²) in [5, 5.41) is 4.13. The topological polar surface area (TPSA) is 60.2 Å².